The number of anilines is 1. The number of hydrogen-bond acceptors (Lipinski definition) is 4. The van der Waals surface area contributed by atoms with Crippen molar-refractivity contribution in [1.29, 1.82) is 0 Å². The highest BCUT2D eigenvalue weighted by atomic mass is 16.5. The Morgan fingerprint density at radius 3 is 2.29 bits per heavy atom. The molecule has 0 spiro atoms. The smallest absolute Gasteiger partial charge is 0.409 e. The molecule has 1 fully saturated rings. The van der Waals surface area contributed by atoms with Gasteiger partial charge in [-0.3, -0.25) is 4.79 Å². The lowest BCUT2D eigenvalue weighted by Gasteiger charge is -2.34. The highest BCUT2D eigenvalue weighted by Crippen LogP contribution is 2.16. The van der Waals surface area contributed by atoms with Crippen LogP contribution in [0.15, 0.2) is 24.3 Å². The largest absolute Gasteiger partial charge is 0.453 e. The monoisotopic (exact) mass is 291 g/mol. The van der Waals surface area contributed by atoms with E-state index >= 15 is 0 Å². The van der Waals surface area contributed by atoms with Gasteiger partial charge in [-0.15, -0.1) is 0 Å². The molecule has 0 N–H and O–H groups in total. The Labute approximate surface area is 124 Å². The Bertz CT molecular complexity index is 523. The van der Waals surface area contributed by atoms with Crippen molar-refractivity contribution in [1.82, 2.24) is 9.80 Å². The minimum absolute atomic E-state index is 0.00298. The zero-order valence-electron chi connectivity index (χ0n) is 12.7. The van der Waals surface area contributed by atoms with E-state index in [1.54, 1.807) is 9.80 Å². The molecule has 1 aromatic carbocycles. The Hall–Kier alpha value is -2.24. The van der Waals surface area contributed by atoms with Gasteiger partial charge < -0.3 is 19.4 Å². The second-order valence-electron chi connectivity index (χ2n) is 5.19. The summed E-state index contributed by atoms with van der Waals surface area (Å²) >= 11 is 0. The van der Waals surface area contributed by atoms with Crippen LogP contribution in [0.3, 0.4) is 0 Å². The number of rotatable bonds is 2. The highest BCUT2D eigenvalue weighted by molar-refractivity contribution is 5.95. The summed E-state index contributed by atoms with van der Waals surface area (Å²) < 4.78 is 4.69. The average molecular weight is 291 g/mol. The molecule has 0 unspecified atom stereocenters. The second kappa shape index (κ2) is 6.47. The molecule has 0 aliphatic carbocycles. The molecule has 1 saturated heterocycles. The Balaban J connectivity index is 2.02. The molecule has 114 valence electrons. The number of carbonyl (C=O) groups excluding carboxylic acids is 2. The number of amides is 2. The van der Waals surface area contributed by atoms with Crippen molar-refractivity contribution in [3.05, 3.63) is 29.8 Å². The molecule has 0 radical (unpaired) electrons. The van der Waals surface area contributed by atoms with Crippen LogP contribution in [0.4, 0.5) is 10.5 Å². The van der Waals surface area contributed by atoms with Crippen LogP contribution in [0.5, 0.6) is 0 Å². The van der Waals surface area contributed by atoms with Crippen molar-refractivity contribution in [3.63, 3.8) is 0 Å². The van der Waals surface area contributed by atoms with Gasteiger partial charge in [0, 0.05) is 51.5 Å². The summed E-state index contributed by atoms with van der Waals surface area (Å²) in [6.07, 6.45) is -0.336. The predicted molar refractivity (Wildman–Crippen MR) is 80.7 cm³/mol. The van der Waals surface area contributed by atoms with E-state index in [9.17, 15) is 9.59 Å². The van der Waals surface area contributed by atoms with Crippen molar-refractivity contribution in [2.75, 3.05) is 52.3 Å². The van der Waals surface area contributed by atoms with Crippen LogP contribution >= 0.6 is 0 Å². The van der Waals surface area contributed by atoms with Crippen molar-refractivity contribution in [3.8, 4) is 0 Å². The third kappa shape index (κ3) is 3.45. The minimum atomic E-state index is -0.336. The van der Waals surface area contributed by atoms with Crippen LogP contribution < -0.4 is 4.90 Å². The average Bonchev–Trinajstić information content (AvgIpc) is 2.53. The maximum Gasteiger partial charge on any atom is 0.409 e. The van der Waals surface area contributed by atoms with Gasteiger partial charge in [-0.05, 0) is 18.2 Å². The molecule has 6 nitrogen and oxygen atoms in total. The zero-order chi connectivity index (χ0) is 15.4. The van der Waals surface area contributed by atoms with Gasteiger partial charge in [-0.25, -0.2) is 4.79 Å². The molecule has 2 amide bonds. The molecule has 0 aromatic heterocycles. The number of methoxy groups -OCH3 is 1. The summed E-state index contributed by atoms with van der Waals surface area (Å²) in [6.45, 7) is 2.07. The molecule has 0 bridgehead atoms. The number of nitrogens with zero attached hydrogens (tertiary/aromatic N) is 3. The molecule has 2 rings (SSSR count). The van der Waals surface area contributed by atoms with Crippen LogP contribution in [0.2, 0.25) is 0 Å². The van der Waals surface area contributed by atoms with E-state index in [-0.39, 0.29) is 12.0 Å². The molecule has 6 heteroatoms. The van der Waals surface area contributed by atoms with Gasteiger partial charge in [0.05, 0.1) is 7.11 Å². The van der Waals surface area contributed by atoms with Gasteiger partial charge in [-0.2, -0.15) is 0 Å². The van der Waals surface area contributed by atoms with Gasteiger partial charge in [-0.1, -0.05) is 6.07 Å². The van der Waals surface area contributed by atoms with Crippen molar-refractivity contribution in [2.24, 2.45) is 0 Å². The van der Waals surface area contributed by atoms with Crippen molar-refractivity contribution < 1.29 is 14.3 Å². The number of carbonyl (C=O) groups is 2. The standard InChI is InChI=1S/C15H21N3O3/c1-16(2)13-6-4-5-12(11-13)14(19)17-7-9-18(10-8-17)15(20)21-3/h4-6,11H,7-10H2,1-3H3. The number of benzene rings is 1. The third-order valence-electron chi connectivity index (χ3n) is 3.61. The predicted octanol–water partition coefficient (Wildman–Crippen LogP) is 1.28. The third-order valence-corrected chi connectivity index (χ3v) is 3.61. The van der Waals surface area contributed by atoms with E-state index in [1.165, 1.54) is 7.11 Å². The van der Waals surface area contributed by atoms with Crippen LogP contribution in [0.25, 0.3) is 0 Å². The molecule has 1 aromatic rings. The van der Waals surface area contributed by atoms with Gasteiger partial charge in [0.2, 0.25) is 0 Å². The molecule has 0 saturated carbocycles. The van der Waals surface area contributed by atoms with Crippen LogP contribution in [-0.4, -0.2) is 69.2 Å². The molecule has 21 heavy (non-hydrogen) atoms. The van der Waals surface area contributed by atoms with E-state index in [0.29, 0.717) is 31.7 Å². The molecule has 1 aliphatic rings. The van der Waals surface area contributed by atoms with Crippen LogP contribution in [-0.2, 0) is 4.74 Å². The van der Waals surface area contributed by atoms with Gasteiger partial charge >= 0.3 is 6.09 Å². The fraction of sp³-hybridized carbons (Fsp3) is 0.467. The molecular formula is C15H21N3O3. The summed E-state index contributed by atoms with van der Waals surface area (Å²) in [6, 6.07) is 7.55. The maximum absolute atomic E-state index is 12.5. The quantitative estimate of drug-likeness (QED) is 0.823. The SMILES string of the molecule is COC(=O)N1CCN(C(=O)c2cccc(N(C)C)c2)CC1. The first-order valence-electron chi connectivity index (χ1n) is 6.92. The van der Waals surface area contributed by atoms with Crippen molar-refractivity contribution >= 4 is 17.7 Å². The van der Waals surface area contributed by atoms with E-state index in [0.717, 1.165) is 5.69 Å². The minimum Gasteiger partial charge on any atom is -0.453 e. The number of hydrogen-bond donors (Lipinski definition) is 0. The molecular weight excluding hydrogens is 270 g/mol. The summed E-state index contributed by atoms with van der Waals surface area (Å²) in [5, 5.41) is 0. The van der Waals surface area contributed by atoms with Crippen LogP contribution in [0.1, 0.15) is 10.4 Å². The zero-order valence-corrected chi connectivity index (χ0v) is 12.7. The molecule has 1 aliphatic heterocycles. The van der Waals surface area contributed by atoms with Crippen LogP contribution in [0, 0.1) is 0 Å². The summed E-state index contributed by atoms with van der Waals surface area (Å²) in [4.78, 5) is 29.3. The van der Waals surface area contributed by atoms with E-state index in [4.69, 9.17) is 4.74 Å². The summed E-state index contributed by atoms with van der Waals surface area (Å²) in [5.41, 5.74) is 1.67. The Morgan fingerprint density at radius 2 is 1.71 bits per heavy atom. The first-order chi connectivity index (χ1) is 10.0. The van der Waals surface area contributed by atoms with Gasteiger partial charge in [0.1, 0.15) is 0 Å². The Morgan fingerprint density at radius 1 is 1.10 bits per heavy atom. The topological polar surface area (TPSA) is 53.1 Å². The lowest BCUT2D eigenvalue weighted by atomic mass is 10.1. The lowest BCUT2D eigenvalue weighted by Crippen LogP contribution is -2.50. The highest BCUT2D eigenvalue weighted by Gasteiger charge is 2.25. The molecule has 0 atom stereocenters. The normalized spacial score (nSPS) is 14.8. The fourth-order valence-corrected chi connectivity index (χ4v) is 2.32. The Kier molecular flexibility index (Phi) is 4.67. The van der Waals surface area contributed by atoms with E-state index in [2.05, 4.69) is 0 Å². The number of ether oxygens (including phenoxy) is 1. The lowest BCUT2D eigenvalue weighted by molar-refractivity contribution is 0.0600. The summed E-state index contributed by atoms with van der Waals surface area (Å²) in [7, 11) is 5.25. The van der Waals surface area contributed by atoms with Gasteiger partial charge in [0.15, 0.2) is 0 Å². The fourth-order valence-electron chi connectivity index (χ4n) is 2.32. The number of piperazine rings is 1. The van der Waals surface area contributed by atoms with E-state index in [1.807, 2.05) is 43.3 Å². The van der Waals surface area contributed by atoms with Gasteiger partial charge in [0.25, 0.3) is 5.91 Å². The van der Waals surface area contributed by atoms with Crippen molar-refractivity contribution in [2.45, 2.75) is 0 Å². The molecule has 1 heterocycles. The summed E-state index contributed by atoms with van der Waals surface area (Å²) in [5.74, 6) is 0.00298. The first kappa shape index (κ1) is 15.2. The van der Waals surface area contributed by atoms with E-state index < -0.39 is 0 Å². The first-order valence-corrected chi connectivity index (χ1v) is 6.92. The maximum atomic E-state index is 12.5. The second-order valence-corrected chi connectivity index (χ2v) is 5.19.